The van der Waals surface area contributed by atoms with Crippen molar-refractivity contribution in [2.75, 3.05) is 17.2 Å². The number of aryl methyl sites for hydroxylation is 1. The van der Waals surface area contributed by atoms with Crippen molar-refractivity contribution in [2.45, 2.75) is 39.4 Å². The van der Waals surface area contributed by atoms with Crippen LogP contribution in [0.4, 0.5) is 11.4 Å². The molecule has 4 rings (SSSR count). The van der Waals surface area contributed by atoms with Crippen molar-refractivity contribution >= 4 is 22.9 Å². The highest BCUT2D eigenvalue weighted by Gasteiger charge is 2.19. The molecule has 1 atom stereocenters. The number of carbonyl (C=O) groups is 1. The number of benzene rings is 3. The molecule has 5 nitrogen and oxygen atoms in total. The van der Waals surface area contributed by atoms with E-state index in [-0.39, 0.29) is 12.0 Å². The number of β-amino-alcohol motifs (C(OH)–C–C–N with tert-alkyl or cyclic N) is 1. The Bertz CT molecular complexity index is 1230. The first kappa shape index (κ1) is 24.3. The highest BCUT2D eigenvalue weighted by Crippen LogP contribution is 2.29. The van der Waals surface area contributed by atoms with Crippen molar-refractivity contribution in [3.05, 3.63) is 107 Å². The van der Waals surface area contributed by atoms with Crippen LogP contribution in [0, 0.1) is 6.92 Å². The van der Waals surface area contributed by atoms with Gasteiger partial charge in [0.15, 0.2) is 0 Å². The lowest BCUT2D eigenvalue weighted by molar-refractivity contribution is -0.111. The maximum atomic E-state index is 12.7. The molecule has 0 spiro atoms. The Labute approximate surface area is 207 Å². The quantitative estimate of drug-likeness (QED) is 0.306. The number of hydrogen-bond donors (Lipinski definition) is 3. The SMILES string of the molecule is Cc1ccc(C(=CC=CC(=O)Nc2cccc3c2CC(O)CN3)c2ccc(OC(C)C)cc2)cc1. The Morgan fingerprint density at radius 2 is 1.74 bits per heavy atom. The molecule has 180 valence electrons. The zero-order chi connectivity index (χ0) is 24.8. The smallest absolute Gasteiger partial charge is 0.248 e. The molecule has 1 unspecified atom stereocenters. The molecule has 0 fully saturated rings. The van der Waals surface area contributed by atoms with Crippen molar-refractivity contribution in [2.24, 2.45) is 0 Å². The summed E-state index contributed by atoms with van der Waals surface area (Å²) in [6, 6.07) is 22.0. The van der Waals surface area contributed by atoms with Crippen LogP contribution >= 0.6 is 0 Å². The van der Waals surface area contributed by atoms with Gasteiger partial charge in [-0.25, -0.2) is 0 Å². The Kier molecular flexibility index (Phi) is 7.68. The normalized spacial score (nSPS) is 15.6. The number of rotatable bonds is 7. The minimum Gasteiger partial charge on any atom is -0.491 e. The summed E-state index contributed by atoms with van der Waals surface area (Å²) in [6.45, 7) is 6.59. The first-order valence-electron chi connectivity index (χ1n) is 12.0. The van der Waals surface area contributed by atoms with Gasteiger partial charge in [0.25, 0.3) is 0 Å². The van der Waals surface area contributed by atoms with Crippen molar-refractivity contribution in [3.8, 4) is 5.75 Å². The van der Waals surface area contributed by atoms with Gasteiger partial charge in [0.2, 0.25) is 5.91 Å². The molecule has 0 saturated heterocycles. The van der Waals surface area contributed by atoms with Gasteiger partial charge in [-0.15, -0.1) is 0 Å². The van der Waals surface area contributed by atoms with E-state index in [1.54, 1.807) is 6.08 Å². The van der Waals surface area contributed by atoms with E-state index in [2.05, 4.69) is 41.8 Å². The minimum atomic E-state index is -0.464. The molecule has 0 bridgehead atoms. The third-order valence-corrected chi connectivity index (χ3v) is 5.81. The monoisotopic (exact) mass is 468 g/mol. The first-order chi connectivity index (χ1) is 16.9. The van der Waals surface area contributed by atoms with Gasteiger partial charge in [0, 0.05) is 36.0 Å². The lowest BCUT2D eigenvalue weighted by Gasteiger charge is -2.24. The molecule has 1 amide bonds. The van der Waals surface area contributed by atoms with Gasteiger partial charge in [0.05, 0.1) is 12.2 Å². The molecule has 3 aromatic carbocycles. The van der Waals surface area contributed by atoms with Crippen molar-refractivity contribution in [1.82, 2.24) is 0 Å². The number of anilines is 2. The number of carbonyl (C=O) groups excluding carboxylic acids is 1. The number of amides is 1. The number of fused-ring (bicyclic) bond motifs is 1. The average Bonchev–Trinajstić information content (AvgIpc) is 2.83. The molecule has 3 aromatic rings. The first-order valence-corrected chi connectivity index (χ1v) is 12.0. The second-order valence-electron chi connectivity index (χ2n) is 9.06. The van der Waals surface area contributed by atoms with Crippen molar-refractivity contribution in [1.29, 1.82) is 0 Å². The summed E-state index contributed by atoms with van der Waals surface area (Å²) in [4.78, 5) is 12.7. The fraction of sp³-hybridized carbons (Fsp3) is 0.233. The lowest BCUT2D eigenvalue weighted by atomic mass is 9.96. The molecule has 0 saturated carbocycles. The third-order valence-electron chi connectivity index (χ3n) is 5.81. The number of aliphatic hydroxyl groups is 1. The molecular formula is C30H32N2O3. The Morgan fingerprint density at radius 3 is 2.43 bits per heavy atom. The van der Waals surface area contributed by atoms with Gasteiger partial charge in [-0.3, -0.25) is 4.79 Å². The molecule has 35 heavy (non-hydrogen) atoms. The summed E-state index contributed by atoms with van der Waals surface area (Å²) >= 11 is 0. The van der Waals surface area contributed by atoms with E-state index in [4.69, 9.17) is 4.74 Å². The standard InChI is InChI=1S/C30H32N2O3/c1-20(2)35-25-16-14-23(15-17-25)26(22-12-10-21(3)11-13-22)6-4-9-30(34)32-29-8-5-7-28-27(29)18-24(33)19-31-28/h4-17,20,24,31,33H,18-19H2,1-3H3,(H,32,34). The van der Waals surface area contributed by atoms with Gasteiger partial charge >= 0.3 is 0 Å². The van der Waals surface area contributed by atoms with Crippen LogP contribution in [0.15, 0.2) is 85.0 Å². The predicted molar refractivity (Wildman–Crippen MR) is 143 cm³/mol. The fourth-order valence-corrected chi connectivity index (χ4v) is 4.11. The average molecular weight is 469 g/mol. The highest BCUT2D eigenvalue weighted by atomic mass is 16.5. The highest BCUT2D eigenvalue weighted by molar-refractivity contribution is 6.00. The second kappa shape index (κ2) is 11.1. The van der Waals surface area contributed by atoms with E-state index in [0.717, 1.165) is 33.7 Å². The van der Waals surface area contributed by atoms with E-state index in [1.807, 2.05) is 62.4 Å². The van der Waals surface area contributed by atoms with E-state index in [9.17, 15) is 9.90 Å². The molecule has 3 N–H and O–H groups in total. The maximum Gasteiger partial charge on any atom is 0.248 e. The topological polar surface area (TPSA) is 70.6 Å². The summed E-state index contributed by atoms with van der Waals surface area (Å²) in [5.74, 6) is 0.603. The van der Waals surface area contributed by atoms with E-state index < -0.39 is 6.10 Å². The number of aliphatic hydroxyl groups excluding tert-OH is 1. The van der Waals surface area contributed by atoms with E-state index in [0.29, 0.717) is 18.7 Å². The second-order valence-corrected chi connectivity index (χ2v) is 9.06. The summed E-state index contributed by atoms with van der Waals surface area (Å²) in [7, 11) is 0. The molecule has 0 aromatic heterocycles. The van der Waals surface area contributed by atoms with Crippen molar-refractivity contribution in [3.63, 3.8) is 0 Å². The van der Waals surface area contributed by atoms with Gasteiger partial charge < -0.3 is 20.5 Å². The van der Waals surface area contributed by atoms with Gasteiger partial charge in [-0.05, 0) is 61.7 Å². The Morgan fingerprint density at radius 1 is 1.06 bits per heavy atom. The van der Waals surface area contributed by atoms with Crippen LogP contribution in [0.2, 0.25) is 0 Å². The molecule has 1 aliphatic rings. The minimum absolute atomic E-state index is 0.115. The van der Waals surface area contributed by atoms with Crippen LogP contribution in [0.25, 0.3) is 5.57 Å². The number of nitrogens with one attached hydrogen (secondary N) is 2. The summed E-state index contributed by atoms with van der Waals surface area (Å²) < 4.78 is 5.78. The maximum absolute atomic E-state index is 12.7. The molecule has 0 radical (unpaired) electrons. The largest absolute Gasteiger partial charge is 0.491 e. The van der Waals surface area contributed by atoms with Crippen molar-refractivity contribution < 1.29 is 14.6 Å². The number of hydrogen-bond acceptors (Lipinski definition) is 4. The summed E-state index contributed by atoms with van der Waals surface area (Å²) in [5, 5.41) is 16.2. The number of ether oxygens (including phenoxy) is 1. The van der Waals surface area contributed by atoms with Crippen LogP contribution in [0.3, 0.4) is 0 Å². The summed E-state index contributed by atoms with van der Waals surface area (Å²) in [5.41, 5.74) is 6.88. The summed E-state index contributed by atoms with van der Waals surface area (Å²) in [6.07, 6.45) is 5.41. The van der Waals surface area contributed by atoms with Crippen LogP contribution in [-0.4, -0.2) is 29.8 Å². The Hall–Kier alpha value is -3.83. The van der Waals surface area contributed by atoms with Gasteiger partial charge in [0.1, 0.15) is 5.75 Å². The van der Waals surface area contributed by atoms with E-state index >= 15 is 0 Å². The van der Waals surface area contributed by atoms with Crippen LogP contribution in [-0.2, 0) is 11.2 Å². The molecule has 1 aliphatic heterocycles. The van der Waals surface area contributed by atoms with Crippen LogP contribution in [0.1, 0.15) is 36.1 Å². The molecular weight excluding hydrogens is 436 g/mol. The lowest BCUT2D eigenvalue weighted by Crippen LogP contribution is -2.28. The Balaban J connectivity index is 1.55. The molecule has 0 aliphatic carbocycles. The van der Waals surface area contributed by atoms with Gasteiger partial charge in [-0.2, -0.15) is 0 Å². The van der Waals surface area contributed by atoms with Crippen LogP contribution < -0.4 is 15.4 Å². The number of allylic oxidation sites excluding steroid dienone is 2. The zero-order valence-electron chi connectivity index (χ0n) is 20.4. The fourth-order valence-electron chi connectivity index (χ4n) is 4.11. The molecule has 1 heterocycles. The van der Waals surface area contributed by atoms with Crippen LogP contribution in [0.5, 0.6) is 5.75 Å². The zero-order valence-corrected chi connectivity index (χ0v) is 20.4. The predicted octanol–water partition coefficient (Wildman–Crippen LogP) is 5.74. The van der Waals surface area contributed by atoms with Gasteiger partial charge in [-0.1, -0.05) is 60.2 Å². The molecule has 5 heteroatoms. The third kappa shape index (κ3) is 6.40. The van der Waals surface area contributed by atoms with E-state index in [1.165, 1.54) is 11.6 Å².